The van der Waals surface area contributed by atoms with Gasteiger partial charge in [-0.1, -0.05) is 35.0 Å². The lowest BCUT2D eigenvalue weighted by Crippen LogP contribution is -2.22. The van der Waals surface area contributed by atoms with Crippen LogP contribution in [0.25, 0.3) is 0 Å². The summed E-state index contributed by atoms with van der Waals surface area (Å²) in [4.78, 5) is 12.4. The zero-order chi connectivity index (χ0) is 14.5. The molecule has 2 rings (SSSR count). The van der Waals surface area contributed by atoms with Crippen molar-refractivity contribution in [1.82, 2.24) is 5.32 Å². The Morgan fingerprint density at radius 3 is 2.90 bits per heavy atom. The highest BCUT2D eigenvalue weighted by Gasteiger charge is 2.11. The van der Waals surface area contributed by atoms with Crippen molar-refractivity contribution in [1.29, 1.82) is 0 Å². The largest absolute Gasteiger partial charge is 0.409 e. The van der Waals surface area contributed by atoms with Gasteiger partial charge in [0, 0.05) is 12.1 Å². The average Bonchev–Trinajstić information content (AvgIpc) is 2.90. The molecule has 2 aromatic rings. The molecule has 7 heteroatoms. The molecule has 0 aliphatic rings. The van der Waals surface area contributed by atoms with Gasteiger partial charge >= 0.3 is 0 Å². The molecule has 1 aromatic heterocycles. The lowest BCUT2D eigenvalue weighted by atomic mass is 10.1. The van der Waals surface area contributed by atoms with E-state index < -0.39 is 0 Å². The minimum atomic E-state index is -0.223. The number of nitrogens with one attached hydrogen (secondary N) is 1. The van der Waals surface area contributed by atoms with E-state index in [1.807, 2.05) is 6.07 Å². The SMILES string of the molecule is N/C(=N/O)c1cccc(CNC(=O)c2sccc2Cl)c1. The molecule has 20 heavy (non-hydrogen) atoms. The van der Waals surface area contributed by atoms with Crippen LogP contribution in [0.5, 0.6) is 0 Å². The molecule has 1 amide bonds. The third kappa shape index (κ3) is 3.28. The lowest BCUT2D eigenvalue weighted by molar-refractivity contribution is 0.0955. The van der Waals surface area contributed by atoms with E-state index in [0.717, 1.165) is 5.56 Å². The van der Waals surface area contributed by atoms with Crippen molar-refractivity contribution in [3.63, 3.8) is 0 Å². The van der Waals surface area contributed by atoms with Crippen LogP contribution < -0.4 is 11.1 Å². The Morgan fingerprint density at radius 2 is 2.25 bits per heavy atom. The number of hydrogen-bond acceptors (Lipinski definition) is 4. The lowest BCUT2D eigenvalue weighted by Gasteiger charge is -2.06. The van der Waals surface area contributed by atoms with Gasteiger partial charge in [-0.2, -0.15) is 0 Å². The molecule has 1 aromatic carbocycles. The molecule has 0 radical (unpaired) electrons. The van der Waals surface area contributed by atoms with Crippen molar-refractivity contribution in [3.05, 3.63) is 56.7 Å². The number of carbonyl (C=O) groups excluding carboxylic acids is 1. The summed E-state index contributed by atoms with van der Waals surface area (Å²) in [6.07, 6.45) is 0. The van der Waals surface area contributed by atoms with Gasteiger partial charge in [0.25, 0.3) is 5.91 Å². The van der Waals surface area contributed by atoms with Crippen LogP contribution >= 0.6 is 22.9 Å². The maximum atomic E-state index is 11.9. The van der Waals surface area contributed by atoms with Gasteiger partial charge < -0.3 is 16.3 Å². The molecule has 1 heterocycles. The summed E-state index contributed by atoms with van der Waals surface area (Å²) >= 11 is 7.18. The average molecular weight is 310 g/mol. The van der Waals surface area contributed by atoms with Crippen molar-refractivity contribution in [2.24, 2.45) is 10.9 Å². The van der Waals surface area contributed by atoms with Gasteiger partial charge in [0.2, 0.25) is 0 Å². The summed E-state index contributed by atoms with van der Waals surface area (Å²) in [6.45, 7) is 0.333. The molecule has 0 spiro atoms. The van der Waals surface area contributed by atoms with E-state index in [0.29, 0.717) is 22.0 Å². The van der Waals surface area contributed by atoms with E-state index in [1.165, 1.54) is 11.3 Å². The Hall–Kier alpha value is -2.05. The monoisotopic (exact) mass is 309 g/mol. The second-order valence-corrected chi connectivity index (χ2v) is 5.29. The standard InChI is InChI=1S/C13H12ClN3O2S/c14-10-4-5-20-11(10)13(18)16-7-8-2-1-3-9(6-8)12(15)17-19/h1-6,19H,7H2,(H2,15,17)(H,16,18). The number of carbonyl (C=O) groups is 1. The molecule has 5 nitrogen and oxygen atoms in total. The summed E-state index contributed by atoms with van der Waals surface area (Å²) < 4.78 is 0. The maximum absolute atomic E-state index is 11.9. The highest BCUT2D eigenvalue weighted by Crippen LogP contribution is 2.21. The molecule has 0 saturated heterocycles. The van der Waals surface area contributed by atoms with Crippen LogP contribution in [0.2, 0.25) is 5.02 Å². The highest BCUT2D eigenvalue weighted by molar-refractivity contribution is 7.12. The molecule has 0 saturated carbocycles. The van der Waals surface area contributed by atoms with Crippen LogP contribution in [0, 0.1) is 0 Å². The van der Waals surface area contributed by atoms with Crippen LogP contribution in [-0.2, 0) is 6.54 Å². The van der Waals surface area contributed by atoms with E-state index in [1.54, 1.807) is 29.6 Å². The van der Waals surface area contributed by atoms with E-state index in [9.17, 15) is 4.79 Å². The number of rotatable bonds is 4. The Morgan fingerprint density at radius 1 is 1.45 bits per heavy atom. The number of benzene rings is 1. The molecular formula is C13H12ClN3O2S. The predicted octanol–water partition coefficient (Wildman–Crippen LogP) is 2.43. The quantitative estimate of drug-likeness (QED) is 0.351. The topological polar surface area (TPSA) is 87.7 Å². The number of thiophene rings is 1. The van der Waals surface area contributed by atoms with E-state index >= 15 is 0 Å². The first kappa shape index (κ1) is 14.4. The number of amidine groups is 1. The fourth-order valence-corrected chi connectivity index (χ4v) is 2.67. The van der Waals surface area contributed by atoms with Crippen molar-refractivity contribution < 1.29 is 10.0 Å². The molecule has 0 atom stereocenters. The Balaban J connectivity index is 2.05. The molecule has 0 unspecified atom stereocenters. The molecular weight excluding hydrogens is 298 g/mol. The number of nitrogens with two attached hydrogens (primary N) is 1. The number of amides is 1. The second-order valence-electron chi connectivity index (χ2n) is 3.97. The van der Waals surface area contributed by atoms with Crippen LogP contribution in [0.4, 0.5) is 0 Å². The molecule has 4 N–H and O–H groups in total. The summed E-state index contributed by atoms with van der Waals surface area (Å²) in [5.74, 6) is -0.196. The first-order valence-corrected chi connectivity index (χ1v) is 6.95. The van der Waals surface area contributed by atoms with Gasteiger partial charge in [0.15, 0.2) is 5.84 Å². The smallest absolute Gasteiger partial charge is 0.263 e. The van der Waals surface area contributed by atoms with E-state index in [-0.39, 0.29) is 11.7 Å². The Kier molecular flexibility index (Phi) is 4.60. The van der Waals surface area contributed by atoms with Crippen LogP contribution in [0.15, 0.2) is 40.9 Å². The van der Waals surface area contributed by atoms with Gasteiger partial charge in [-0.05, 0) is 23.1 Å². The van der Waals surface area contributed by atoms with Gasteiger partial charge in [-0.25, -0.2) is 0 Å². The number of nitrogens with zero attached hydrogens (tertiary/aromatic N) is 1. The Bertz CT molecular complexity index is 655. The third-order valence-corrected chi connectivity index (χ3v) is 3.95. The van der Waals surface area contributed by atoms with Crippen molar-refractivity contribution in [2.45, 2.75) is 6.54 Å². The fourth-order valence-electron chi connectivity index (χ4n) is 1.62. The first-order valence-electron chi connectivity index (χ1n) is 5.70. The fraction of sp³-hybridized carbons (Fsp3) is 0.0769. The van der Waals surface area contributed by atoms with Gasteiger partial charge in [0.1, 0.15) is 4.88 Å². The van der Waals surface area contributed by atoms with Crippen LogP contribution in [-0.4, -0.2) is 17.0 Å². The van der Waals surface area contributed by atoms with E-state index in [4.69, 9.17) is 22.5 Å². The maximum Gasteiger partial charge on any atom is 0.263 e. The van der Waals surface area contributed by atoms with Crippen molar-refractivity contribution >= 4 is 34.7 Å². The van der Waals surface area contributed by atoms with Gasteiger partial charge in [0.05, 0.1) is 5.02 Å². The van der Waals surface area contributed by atoms with Crippen molar-refractivity contribution in [3.8, 4) is 0 Å². The van der Waals surface area contributed by atoms with Gasteiger partial charge in [-0.3, -0.25) is 4.79 Å². The second kappa shape index (κ2) is 6.40. The van der Waals surface area contributed by atoms with Crippen LogP contribution in [0.3, 0.4) is 0 Å². The van der Waals surface area contributed by atoms with Gasteiger partial charge in [-0.15, -0.1) is 11.3 Å². The number of oxime groups is 1. The first-order chi connectivity index (χ1) is 9.61. The minimum absolute atomic E-state index is 0.0273. The number of halogens is 1. The third-order valence-electron chi connectivity index (χ3n) is 2.61. The molecule has 0 aliphatic heterocycles. The van der Waals surface area contributed by atoms with Crippen LogP contribution in [0.1, 0.15) is 20.8 Å². The highest BCUT2D eigenvalue weighted by atomic mass is 35.5. The minimum Gasteiger partial charge on any atom is -0.409 e. The number of hydrogen-bond donors (Lipinski definition) is 3. The summed E-state index contributed by atoms with van der Waals surface area (Å²) in [6, 6.07) is 8.75. The molecule has 0 fully saturated rings. The molecule has 104 valence electrons. The zero-order valence-electron chi connectivity index (χ0n) is 10.3. The predicted molar refractivity (Wildman–Crippen MR) is 79.5 cm³/mol. The zero-order valence-corrected chi connectivity index (χ0v) is 11.9. The molecule has 0 bridgehead atoms. The summed E-state index contributed by atoms with van der Waals surface area (Å²) in [7, 11) is 0. The Labute approximate surface area is 124 Å². The summed E-state index contributed by atoms with van der Waals surface area (Å²) in [5, 5.41) is 16.5. The van der Waals surface area contributed by atoms with Crippen molar-refractivity contribution in [2.75, 3.05) is 0 Å². The normalized spacial score (nSPS) is 11.3. The summed E-state index contributed by atoms with van der Waals surface area (Å²) in [5.41, 5.74) is 6.95. The molecule has 0 aliphatic carbocycles. The van der Waals surface area contributed by atoms with E-state index in [2.05, 4.69) is 10.5 Å².